The maximum Gasteiger partial charge on any atom is 0.225 e. The molecule has 1 aromatic rings. The molecular formula is C18H27N3O3. The van der Waals surface area contributed by atoms with Gasteiger partial charge in [-0.1, -0.05) is 12.1 Å². The molecule has 0 radical (unpaired) electrons. The van der Waals surface area contributed by atoms with Crippen LogP contribution in [0.25, 0.3) is 0 Å². The Bertz CT molecular complexity index is 559. The fourth-order valence-electron chi connectivity index (χ4n) is 3.08. The number of likely N-dealkylation sites (N-methyl/N-ethyl adjacent to an activating group) is 1. The summed E-state index contributed by atoms with van der Waals surface area (Å²) in [6.07, 6.45) is 2.36. The number of ether oxygens (including phenoxy) is 1. The number of methoxy groups -OCH3 is 1. The van der Waals surface area contributed by atoms with Gasteiger partial charge >= 0.3 is 0 Å². The molecule has 0 unspecified atom stereocenters. The first-order valence-corrected chi connectivity index (χ1v) is 8.39. The zero-order chi connectivity index (χ0) is 17.5. The van der Waals surface area contributed by atoms with E-state index in [1.807, 2.05) is 36.2 Å². The zero-order valence-electron chi connectivity index (χ0n) is 14.7. The second-order valence-electron chi connectivity index (χ2n) is 6.20. The molecule has 2 N–H and O–H groups in total. The number of amides is 2. The number of piperidine rings is 1. The van der Waals surface area contributed by atoms with Gasteiger partial charge in [-0.25, -0.2) is 0 Å². The standard InChI is InChI=1S/C18H27N3O3/c1-13(22)20-17(14-6-8-16(24-3)9-7-14)11-18(23)21-10-4-5-15(12-21)19-2/h6-9,15,17,19H,4-5,10-12H2,1-3H3,(H,20,22)/t15-,17+/m0/s1. The SMILES string of the molecule is CN[C@H]1CCCN(C(=O)C[C@@H](NC(C)=O)c2ccc(OC)cc2)C1. The van der Waals surface area contributed by atoms with Crippen LogP contribution in [0.15, 0.2) is 24.3 Å². The lowest BCUT2D eigenvalue weighted by Crippen LogP contribution is -2.47. The van der Waals surface area contributed by atoms with E-state index in [-0.39, 0.29) is 24.3 Å². The van der Waals surface area contributed by atoms with Gasteiger partial charge in [-0.15, -0.1) is 0 Å². The monoisotopic (exact) mass is 333 g/mol. The van der Waals surface area contributed by atoms with Crippen molar-refractivity contribution in [3.05, 3.63) is 29.8 Å². The number of carbonyl (C=O) groups excluding carboxylic acids is 2. The first-order valence-electron chi connectivity index (χ1n) is 8.39. The third-order valence-corrected chi connectivity index (χ3v) is 4.46. The molecule has 0 bridgehead atoms. The van der Waals surface area contributed by atoms with E-state index in [4.69, 9.17) is 4.74 Å². The summed E-state index contributed by atoms with van der Waals surface area (Å²) in [5, 5.41) is 6.13. The van der Waals surface area contributed by atoms with Crippen molar-refractivity contribution in [3.8, 4) is 5.75 Å². The molecule has 1 fully saturated rings. The van der Waals surface area contributed by atoms with Gasteiger partial charge < -0.3 is 20.3 Å². The third-order valence-electron chi connectivity index (χ3n) is 4.46. The zero-order valence-corrected chi connectivity index (χ0v) is 14.7. The summed E-state index contributed by atoms with van der Waals surface area (Å²) in [6.45, 7) is 2.98. The van der Waals surface area contributed by atoms with E-state index in [0.29, 0.717) is 6.04 Å². The van der Waals surface area contributed by atoms with Gasteiger partial charge in [-0.2, -0.15) is 0 Å². The predicted octanol–water partition coefficient (Wildman–Crippen LogP) is 1.47. The summed E-state index contributed by atoms with van der Waals surface area (Å²) >= 11 is 0. The van der Waals surface area contributed by atoms with Gasteiger partial charge in [-0.3, -0.25) is 9.59 Å². The second-order valence-corrected chi connectivity index (χ2v) is 6.20. The molecule has 1 aliphatic rings. The minimum Gasteiger partial charge on any atom is -0.497 e. The van der Waals surface area contributed by atoms with Crippen LogP contribution in [0.1, 0.15) is 37.8 Å². The van der Waals surface area contributed by atoms with Crippen LogP contribution in [-0.2, 0) is 9.59 Å². The van der Waals surface area contributed by atoms with Crippen molar-refractivity contribution in [1.82, 2.24) is 15.5 Å². The summed E-state index contributed by atoms with van der Waals surface area (Å²) in [7, 11) is 3.54. The van der Waals surface area contributed by atoms with Crippen molar-refractivity contribution in [2.75, 3.05) is 27.2 Å². The van der Waals surface area contributed by atoms with Crippen molar-refractivity contribution in [3.63, 3.8) is 0 Å². The highest BCUT2D eigenvalue weighted by atomic mass is 16.5. The van der Waals surface area contributed by atoms with Gasteiger partial charge in [0.25, 0.3) is 0 Å². The summed E-state index contributed by atoms with van der Waals surface area (Å²) < 4.78 is 5.16. The Kier molecular flexibility index (Phi) is 6.61. The van der Waals surface area contributed by atoms with Crippen LogP contribution < -0.4 is 15.4 Å². The third kappa shape index (κ3) is 4.96. The van der Waals surface area contributed by atoms with Crippen molar-refractivity contribution < 1.29 is 14.3 Å². The fraction of sp³-hybridized carbons (Fsp3) is 0.556. The Morgan fingerprint density at radius 3 is 2.62 bits per heavy atom. The molecule has 0 spiro atoms. The van der Waals surface area contributed by atoms with E-state index >= 15 is 0 Å². The van der Waals surface area contributed by atoms with Crippen molar-refractivity contribution in [2.24, 2.45) is 0 Å². The number of nitrogens with one attached hydrogen (secondary N) is 2. The lowest BCUT2D eigenvalue weighted by Gasteiger charge is -2.33. The van der Waals surface area contributed by atoms with E-state index in [2.05, 4.69) is 10.6 Å². The van der Waals surface area contributed by atoms with Crippen LogP contribution in [0.3, 0.4) is 0 Å². The van der Waals surface area contributed by atoms with E-state index in [9.17, 15) is 9.59 Å². The van der Waals surface area contributed by atoms with Crippen LogP contribution in [-0.4, -0.2) is 50.0 Å². The molecule has 2 rings (SSSR count). The Morgan fingerprint density at radius 1 is 1.33 bits per heavy atom. The van der Waals surface area contributed by atoms with E-state index in [0.717, 1.165) is 37.2 Å². The van der Waals surface area contributed by atoms with E-state index < -0.39 is 0 Å². The maximum atomic E-state index is 12.7. The summed E-state index contributed by atoms with van der Waals surface area (Å²) in [5.41, 5.74) is 0.904. The van der Waals surface area contributed by atoms with Crippen LogP contribution in [0.4, 0.5) is 0 Å². The Morgan fingerprint density at radius 2 is 2.04 bits per heavy atom. The number of hydrogen-bond donors (Lipinski definition) is 2. The first-order chi connectivity index (χ1) is 11.5. The average Bonchev–Trinajstić information content (AvgIpc) is 2.60. The minimum atomic E-state index is -0.323. The number of likely N-dealkylation sites (tertiary alicyclic amines) is 1. The summed E-state index contributed by atoms with van der Waals surface area (Å²) in [5.74, 6) is 0.680. The molecule has 1 aromatic carbocycles. The Hall–Kier alpha value is -2.08. The second kappa shape index (κ2) is 8.68. The average molecular weight is 333 g/mol. The molecule has 0 aliphatic carbocycles. The van der Waals surface area contributed by atoms with Crippen LogP contribution in [0.2, 0.25) is 0 Å². The van der Waals surface area contributed by atoms with E-state index in [1.165, 1.54) is 6.92 Å². The number of nitrogens with zero attached hydrogens (tertiary/aromatic N) is 1. The molecule has 0 saturated carbocycles. The highest BCUT2D eigenvalue weighted by molar-refractivity contribution is 5.79. The van der Waals surface area contributed by atoms with Gasteiger partial charge in [0.2, 0.25) is 11.8 Å². The number of hydrogen-bond acceptors (Lipinski definition) is 4. The number of carbonyl (C=O) groups is 2. The molecule has 132 valence electrons. The van der Waals surface area contributed by atoms with Crippen molar-refractivity contribution in [1.29, 1.82) is 0 Å². The van der Waals surface area contributed by atoms with Crippen molar-refractivity contribution >= 4 is 11.8 Å². The maximum absolute atomic E-state index is 12.7. The lowest BCUT2D eigenvalue weighted by molar-refractivity contribution is -0.133. The van der Waals surface area contributed by atoms with Crippen molar-refractivity contribution in [2.45, 2.75) is 38.3 Å². The van der Waals surface area contributed by atoms with Gasteiger partial charge in [0.05, 0.1) is 19.6 Å². The van der Waals surface area contributed by atoms with Gasteiger partial charge in [-0.05, 0) is 37.6 Å². The highest BCUT2D eigenvalue weighted by Crippen LogP contribution is 2.22. The molecule has 2 atom stereocenters. The smallest absolute Gasteiger partial charge is 0.225 e. The summed E-state index contributed by atoms with van der Waals surface area (Å²) in [4.78, 5) is 26.1. The molecule has 1 aliphatic heterocycles. The minimum absolute atomic E-state index is 0.0736. The molecule has 24 heavy (non-hydrogen) atoms. The van der Waals surface area contributed by atoms with Gasteiger partial charge in [0.15, 0.2) is 0 Å². The first kappa shape index (κ1) is 18.3. The Balaban J connectivity index is 2.07. The highest BCUT2D eigenvalue weighted by Gasteiger charge is 2.25. The summed E-state index contributed by atoms with van der Waals surface area (Å²) in [6, 6.07) is 7.48. The molecule has 2 amide bonds. The largest absolute Gasteiger partial charge is 0.497 e. The van der Waals surface area contributed by atoms with Gasteiger partial charge in [0, 0.05) is 26.1 Å². The molecular weight excluding hydrogens is 306 g/mol. The molecule has 1 saturated heterocycles. The van der Waals surface area contributed by atoms with Gasteiger partial charge in [0.1, 0.15) is 5.75 Å². The fourth-order valence-corrected chi connectivity index (χ4v) is 3.08. The van der Waals surface area contributed by atoms with Crippen LogP contribution in [0, 0.1) is 0 Å². The van der Waals surface area contributed by atoms with E-state index in [1.54, 1.807) is 7.11 Å². The number of rotatable bonds is 6. The lowest BCUT2D eigenvalue weighted by atomic mass is 10.0. The Labute approximate surface area is 143 Å². The molecule has 1 heterocycles. The molecule has 6 nitrogen and oxygen atoms in total. The van der Waals surface area contributed by atoms with Crippen LogP contribution >= 0.6 is 0 Å². The number of benzene rings is 1. The quantitative estimate of drug-likeness (QED) is 0.827. The van der Waals surface area contributed by atoms with Crippen LogP contribution in [0.5, 0.6) is 5.75 Å². The predicted molar refractivity (Wildman–Crippen MR) is 92.8 cm³/mol. The topological polar surface area (TPSA) is 70.7 Å². The molecule has 6 heteroatoms. The normalized spacial score (nSPS) is 18.8. The molecule has 0 aromatic heterocycles.